The van der Waals surface area contributed by atoms with Gasteiger partial charge in [-0.25, -0.2) is 4.98 Å². The van der Waals surface area contributed by atoms with Gasteiger partial charge in [-0.15, -0.1) is 0 Å². The fourth-order valence-corrected chi connectivity index (χ4v) is 3.89. The van der Waals surface area contributed by atoms with Gasteiger partial charge in [0.15, 0.2) is 0 Å². The average Bonchev–Trinajstić information content (AvgIpc) is 2.92. The molecule has 0 aromatic carbocycles. The Morgan fingerprint density at radius 2 is 2.09 bits per heavy atom. The first-order valence-corrected chi connectivity index (χ1v) is 8.74. The Labute approximate surface area is 138 Å². The number of aryl methyl sites for hydroxylation is 1. The van der Waals surface area contributed by atoms with Gasteiger partial charge in [0.1, 0.15) is 5.82 Å². The van der Waals surface area contributed by atoms with Crippen LogP contribution >= 0.6 is 0 Å². The number of hydrogen-bond acceptors (Lipinski definition) is 5. The Morgan fingerprint density at radius 3 is 2.78 bits per heavy atom. The van der Waals surface area contributed by atoms with Crippen LogP contribution in [0.4, 0.5) is 11.8 Å². The number of nitrogens with two attached hydrogens (primary N) is 1. The molecule has 23 heavy (non-hydrogen) atoms. The monoisotopic (exact) mass is 317 g/mol. The molecule has 2 aliphatic heterocycles. The molecule has 0 spiro atoms. The number of nitrogens with zero attached hydrogens (tertiary/aromatic N) is 4. The maximum absolute atomic E-state index is 11.9. The average molecular weight is 317 g/mol. The molecule has 126 valence electrons. The second-order valence-corrected chi connectivity index (χ2v) is 6.72. The molecular weight excluding hydrogens is 290 g/mol. The quantitative estimate of drug-likeness (QED) is 0.916. The van der Waals surface area contributed by atoms with Crippen molar-refractivity contribution < 1.29 is 4.79 Å². The number of amides is 1. The molecule has 6 heteroatoms. The molecule has 1 aromatic heterocycles. The topological polar surface area (TPSA) is 75.3 Å². The lowest BCUT2D eigenvalue weighted by Gasteiger charge is -2.36. The number of carbonyl (C=O) groups is 1. The zero-order valence-corrected chi connectivity index (χ0v) is 14.2. The molecule has 0 radical (unpaired) electrons. The van der Waals surface area contributed by atoms with E-state index < -0.39 is 0 Å². The Morgan fingerprint density at radius 1 is 1.26 bits per heavy atom. The van der Waals surface area contributed by atoms with Crippen LogP contribution in [0.15, 0.2) is 0 Å². The highest BCUT2D eigenvalue weighted by atomic mass is 16.2. The molecular formula is C17H27N5O. The van der Waals surface area contributed by atoms with E-state index in [1.807, 2.05) is 11.8 Å². The standard InChI is InChI=1S/C17H27N5O/c1-3-14-12(2)19-17(18)20-16(14)22-9-4-6-13(11-22)10-21-8-5-7-15(21)23/h13H,3-11H2,1-2H3,(H2,18,19,20)/t13-/m1/s1. The van der Waals surface area contributed by atoms with E-state index in [9.17, 15) is 4.79 Å². The predicted molar refractivity (Wildman–Crippen MR) is 91.3 cm³/mol. The van der Waals surface area contributed by atoms with E-state index in [0.717, 1.165) is 63.4 Å². The van der Waals surface area contributed by atoms with Crippen LogP contribution in [0.3, 0.4) is 0 Å². The van der Waals surface area contributed by atoms with Gasteiger partial charge in [0.2, 0.25) is 11.9 Å². The van der Waals surface area contributed by atoms with Crippen LogP contribution in [-0.2, 0) is 11.2 Å². The van der Waals surface area contributed by atoms with E-state index in [4.69, 9.17) is 5.73 Å². The summed E-state index contributed by atoms with van der Waals surface area (Å²) in [4.78, 5) is 25.1. The van der Waals surface area contributed by atoms with Gasteiger partial charge in [-0.2, -0.15) is 4.98 Å². The van der Waals surface area contributed by atoms with Crippen LogP contribution in [0.2, 0.25) is 0 Å². The van der Waals surface area contributed by atoms with Gasteiger partial charge in [-0.1, -0.05) is 6.92 Å². The summed E-state index contributed by atoms with van der Waals surface area (Å²) < 4.78 is 0. The molecule has 2 N–H and O–H groups in total. The lowest BCUT2D eigenvalue weighted by molar-refractivity contribution is -0.128. The van der Waals surface area contributed by atoms with E-state index in [0.29, 0.717) is 17.8 Å². The Balaban J connectivity index is 1.74. The molecule has 1 amide bonds. The van der Waals surface area contributed by atoms with Gasteiger partial charge in [0, 0.05) is 43.9 Å². The summed E-state index contributed by atoms with van der Waals surface area (Å²) in [6.45, 7) is 7.91. The minimum absolute atomic E-state index is 0.318. The highest BCUT2D eigenvalue weighted by Gasteiger charge is 2.28. The first-order chi connectivity index (χ1) is 11.1. The summed E-state index contributed by atoms with van der Waals surface area (Å²) in [7, 11) is 0. The first-order valence-electron chi connectivity index (χ1n) is 8.74. The molecule has 0 bridgehead atoms. The number of nitrogen functional groups attached to an aromatic ring is 1. The van der Waals surface area contributed by atoms with Crippen molar-refractivity contribution in [1.29, 1.82) is 0 Å². The summed E-state index contributed by atoms with van der Waals surface area (Å²) in [5.41, 5.74) is 8.04. The van der Waals surface area contributed by atoms with Gasteiger partial charge in [-0.05, 0) is 38.5 Å². The fourth-order valence-electron chi connectivity index (χ4n) is 3.89. The molecule has 3 heterocycles. The van der Waals surface area contributed by atoms with Gasteiger partial charge in [0.05, 0.1) is 0 Å². The Hall–Kier alpha value is -1.85. The summed E-state index contributed by atoms with van der Waals surface area (Å²) in [5, 5.41) is 0. The zero-order chi connectivity index (χ0) is 16.4. The molecule has 0 unspecified atom stereocenters. The van der Waals surface area contributed by atoms with Crippen molar-refractivity contribution in [2.45, 2.75) is 46.0 Å². The molecule has 1 atom stereocenters. The van der Waals surface area contributed by atoms with E-state index in [1.165, 1.54) is 12.0 Å². The first kappa shape index (κ1) is 16.0. The van der Waals surface area contributed by atoms with Crippen LogP contribution in [0.1, 0.15) is 43.9 Å². The second-order valence-electron chi connectivity index (χ2n) is 6.72. The molecule has 2 saturated heterocycles. The number of anilines is 2. The summed E-state index contributed by atoms with van der Waals surface area (Å²) in [6, 6.07) is 0. The SMILES string of the molecule is CCc1c(C)nc(N)nc1N1CCC[C@H](CN2CCCC2=O)C1. The van der Waals surface area contributed by atoms with Crippen molar-refractivity contribution in [2.75, 3.05) is 36.8 Å². The van der Waals surface area contributed by atoms with Crippen LogP contribution < -0.4 is 10.6 Å². The third kappa shape index (κ3) is 3.41. The number of carbonyl (C=O) groups excluding carboxylic acids is 1. The molecule has 6 nitrogen and oxygen atoms in total. The Bertz CT molecular complexity index is 589. The lowest BCUT2D eigenvalue weighted by Crippen LogP contribution is -2.42. The molecule has 0 saturated carbocycles. The molecule has 2 fully saturated rings. The van der Waals surface area contributed by atoms with Crippen molar-refractivity contribution in [3.05, 3.63) is 11.3 Å². The van der Waals surface area contributed by atoms with E-state index in [1.54, 1.807) is 0 Å². The van der Waals surface area contributed by atoms with Gasteiger partial charge in [0.25, 0.3) is 0 Å². The van der Waals surface area contributed by atoms with Crippen LogP contribution in [0, 0.1) is 12.8 Å². The summed E-state index contributed by atoms with van der Waals surface area (Å²) in [5.74, 6) is 2.19. The van der Waals surface area contributed by atoms with E-state index in [2.05, 4.69) is 21.8 Å². The number of likely N-dealkylation sites (tertiary alicyclic amines) is 1. The van der Waals surface area contributed by atoms with Crippen molar-refractivity contribution in [1.82, 2.24) is 14.9 Å². The summed E-state index contributed by atoms with van der Waals surface area (Å²) in [6.07, 6.45) is 4.96. The van der Waals surface area contributed by atoms with Gasteiger partial charge >= 0.3 is 0 Å². The number of rotatable bonds is 4. The number of piperidine rings is 1. The van der Waals surface area contributed by atoms with Crippen LogP contribution in [-0.4, -0.2) is 47.0 Å². The van der Waals surface area contributed by atoms with Crippen molar-refractivity contribution in [3.8, 4) is 0 Å². The van der Waals surface area contributed by atoms with E-state index >= 15 is 0 Å². The molecule has 3 rings (SSSR count). The highest BCUT2D eigenvalue weighted by molar-refractivity contribution is 5.78. The van der Waals surface area contributed by atoms with Crippen molar-refractivity contribution in [2.24, 2.45) is 5.92 Å². The fraction of sp³-hybridized carbons (Fsp3) is 0.706. The maximum Gasteiger partial charge on any atom is 0.222 e. The van der Waals surface area contributed by atoms with Crippen LogP contribution in [0.5, 0.6) is 0 Å². The third-order valence-electron chi connectivity index (χ3n) is 5.03. The predicted octanol–water partition coefficient (Wildman–Crippen LogP) is 1.77. The van der Waals surface area contributed by atoms with Gasteiger partial charge < -0.3 is 15.5 Å². The number of hydrogen-bond donors (Lipinski definition) is 1. The van der Waals surface area contributed by atoms with Crippen molar-refractivity contribution >= 4 is 17.7 Å². The third-order valence-corrected chi connectivity index (χ3v) is 5.03. The molecule has 2 aliphatic rings. The second kappa shape index (κ2) is 6.72. The zero-order valence-electron chi connectivity index (χ0n) is 14.2. The highest BCUT2D eigenvalue weighted by Crippen LogP contribution is 2.28. The summed E-state index contributed by atoms with van der Waals surface area (Å²) >= 11 is 0. The minimum Gasteiger partial charge on any atom is -0.368 e. The smallest absolute Gasteiger partial charge is 0.222 e. The largest absolute Gasteiger partial charge is 0.368 e. The van der Waals surface area contributed by atoms with Gasteiger partial charge in [-0.3, -0.25) is 4.79 Å². The van der Waals surface area contributed by atoms with Crippen LogP contribution in [0.25, 0.3) is 0 Å². The molecule has 0 aliphatic carbocycles. The number of aromatic nitrogens is 2. The molecule has 1 aromatic rings. The normalized spacial score (nSPS) is 22.0. The van der Waals surface area contributed by atoms with Crippen molar-refractivity contribution in [3.63, 3.8) is 0 Å². The lowest BCUT2D eigenvalue weighted by atomic mass is 9.96. The van der Waals surface area contributed by atoms with E-state index in [-0.39, 0.29) is 0 Å². The Kier molecular flexibility index (Phi) is 4.68. The maximum atomic E-state index is 11.9. The minimum atomic E-state index is 0.318.